The number of hydrogen-bond acceptors (Lipinski definition) is 1. The van der Waals surface area contributed by atoms with E-state index in [1.807, 2.05) is 24.3 Å². The maximum atomic E-state index is 7.07. The van der Waals surface area contributed by atoms with E-state index >= 15 is 0 Å². The van der Waals surface area contributed by atoms with E-state index in [0.717, 1.165) is 11.1 Å². The van der Waals surface area contributed by atoms with Gasteiger partial charge in [-0.15, -0.1) is 6.42 Å². The van der Waals surface area contributed by atoms with Crippen LogP contribution in [0.25, 0.3) is 0 Å². The zero-order valence-electron chi connectivity index (χ0n) is 6.67. The van der Waals surface area contributed by atoms with Gasteiger partial charge in [-0.2, -0.15) is 0 Å². The van der Waals surface area contributed by atoms with E-state index in [1.54, 1.807) is 0 Å². The highest BCUT2D eigenvalue weighted by Crippen LogP contribution is 2.03. The summed E-state index contributed by atoms with van der Waals surface area (Å²) in [4.78, 5) is 0. The average molecular weight is 158 g/mol. The molecule has 0 aliphatic heterocycles. The molecule has 0 saturated heterocycles. The number of terminal acetylenes is 1. The number of nitrogens with two attached hydrogens (primary N) is 1. The average Bonchev–Trinajstić information content (AvgIpc) is 2.05. The number of nitrogens with one attached hydrogen (secondary N) is 1. The molecular formula is C10H10N2. The minimum atomic E-state index is 0.170. The van der Waals surface area contributed by atoms with Crippen LogP contribution in [0, 0.1) is 17.8 Å². The number of amidine groups is 1. The Balaban J connectivity index is 2.80. The Labute approximate surface area is 71.9 Å². The Kier molecular flexibility index (Phi) is 2.49. The molecule has 0 aromatic heterocycles. The van der Waals surface area contributed by atoms with Gasteiger partial charge in [0.2, 0.25) is 0 Å². The van der Waals surface area contributed by atoms with E-state index < -0.39 is 0 Å². The summed E-state index contributed by atoms with van der Waals surface area (Å²) in [6.45, 7) is 0. The Morgan fingerprint density at radius 2 is 2.00 bits per heavy atom. The van der Waals surface area contributed by atoms with Crippen molar-refractivity contribution in [2.75, 3.05) is 0 Å². The number of benzene rings is 1. The molecule has 1 aromatic carbocycles. The second kappa shape index (κ2) is 3.59. The predicted molar refractivity (Wildman–Crippen MR) is 50.0 cm³/mol. The molecule has 1 rings (SSSR count). The van der Waals surface area contributed by atoms with E-state index in [9.17, 15) is 0 Å². The molecule has 2 nitrogen and oxygen atoms in total. The van der Waals surface area contributed by atoms with Crippen LogP contribution in [0.2, 0.25) is 0 Å². The lowest BCUT2D eigenvalue weighted by molar-refractivity contribution is 1.24. The summed E-state index contributed by atoms with van der Waals surface area (Å²) in [5, 5.41) is 7.07. The molecule has 0 aliphatic carbocycles. The molecule has 0 heterocycles. The van der Waals surface area contributed by atoms with Gasteiger partial charge in [-0.3, -0.25) is 5.41 Å². The Morgan fingerprint density at radius 3 is 2.42 bits per heavy atom. The first-order valence-corrected chi connectivity index (χ1v) is 3.61. The Bertz CT molecular complexity index is 317. The molecule has 0 bridgehead atoms. The molecule has 12 heavy (non-hydrogen) atoms. The Morgan fingerprint density at radius 1 is 1.42 bits per heavy atom. The molecule has 0 radical (unpaired) electrons. The first-order chi connectivity index (χ1) is 5.72. The summed E-state index contributed by atoms with van der Waals surface area (Å²) in [7, 11) is 0. The van der Waals surface area contributed by atoms with E-state index in [2.05, 4.69) is 5.92 Å². The smallest absolute Gasteiger partial charge is 0.0950 e. The van der Waals surface area contributed by atoms with Gasteiger partial charge in [0, 0.05) is 12.0 Å². The normalized spacial score (nSPS) is 8.92. The SMILES string of the molecule is C#Cc1ccc(CC(=N)N)cc1. The molecule has 0 unspecified atom stereocenters. The second-order valence-electron chi connectivity index (χ2n) is 2.54. The van der Waals surface area contributed by atoms with Crippen LogP contribution in [0.1, 0.15) is 11.1 Å². The quantitative estimate of drug-likeness (QED) is 0.378. The third-order valence-corrected chi connectivity index (χ3v) is 1.52. The fourth-order valence-corrected chi connectivity index (χ4v) is 0.939. The third-order valence-electron chi connectivity index (χ3n) is 1.52. The van der Waals surface area contributed by atoms with Crippen LogP contribution in [-0.4, -0.2) is 5.84 Å². The van der Waals surface area contributed by atoms with Gasteiger partial charge in [0.25, 0.3) is 0 Å². The van der Waals surface area contributed by atoms with Gasteiger partial charge in [-0.05, 0) is 17.7 Å². The molecule has 0 fully saturated rings. The maximum absolute atomic E-state index is 7.07. The predicted octanol–water partition coefficient (Wildman–Crippen LogP) is 1.15. The molecular weight excluding hydrogens is 148 g/mol. The summed E-state index contributed by atoms with van der Waals surface area (Å²) in [6.07, 6.45) is 5.68. The fourth-order valence-electron chi connectivity index (χ4n) is 0.939. The molecule has 0 amide bonds. The van der Waals surface area contributed by atoms with Gasteiger partial charge in [0.15, 0.2) is 0 Å². The van der Waals surface area contributed by atoms with E-state index in [0.29, 0.717) is 6.42 Å². The third kappa shape index (κ3) is 2.14. The molecule has 0 atom stereocenters. The summed E-state index contributed by atoms with van der Waals surface area (Å²) >= 11 is 0. The fraction of sp³-hybridized carbons (Fsp3) is 0.100. The van der Waals surface area contributed by atoms with Crippen LogP contribution in [0.3, 0.4) is 0 Å². The van der Waals surface area contributed by atoms with Crippen LogP contribution in [0.5, 0.6) is 0 Å². The van der Waals surface area contributed by atoms with Crippen molar-refractivity contribution >= 4 is 5.84 Å². The van der Waals surface area contributed by atoms with Crippen molar-refractivity contribution in [1.82, 2.24) is 0 Å². The van der Waals surface area contributed by atoms with Crippen LogP contribution < -0.4 is 5.73 Å². The van der Waals surface area contributed by atoms with Gasteiger partial charge in [-0.25, -0.2) is 0 Å². The lowest BCUT2D eigenvalue weighted by Crippen LogP contribution is -2.12. The highest BCUT2D eigenvalue weighted by atomic mass is 14.7. The van der Waals surface area contributed by atoms with Crippen LogP contribution in [0.15, 0.2) is 24.3 Å². The summed E-state index contributed by atoms with van der Waals surface area (Å²) in [5.41, 5.74) is 7.10. The lowest BCUT2D eigenvalue weighted by Gasteiger charge is -1.98. The summed E-state index contributed by atoms with van der Waals surface area (Å²) < 4.78 is 0. The zero-order valence-corrected chi connectivity index (χ0v) is 6.67. The monoisotopic (exact) mass is 158 g/mol. The molecule has 60 valence electrons. The molecule has 0 aliphatic rings. The molecule has 0 spiro atoms. The summed E-state index contributed by atoms with van der Waals surface area (Å²) in [6, 6.07) is 7.46. The zero-order chi connectivity index (χ0) is 8.97. The standard InChI is InChI=1S/C10H10N2/c1-2-8-3-5-9(6-4-8)7-10(11)12/h1,3-6H,7H2,(H3,11,12). The molecule has 3 N–H and O–H groups in total. The highest BCUT2D eigenvalue weighted by Gasteiger charge is 1.93. The van der Waals surface area contributed by atoms with E-state index in [-0.39, 0.29) is 5.84 Å². The molecule has 2 heteroatoms. The topological polar surface area (TPSA) is 49.9 Å². The minimum Gasteiger partial charge on any atom is -0.387 e. The maximum Gasteiger partial charge on any atom is 0.0950 e. The minimum absolute atomic E-state index is 0.170. The van der Waals surface area contributed by atoms with Gasteiger partial charge >= 0.3 is 0 Å². The number of rotatable bonds is 2. The first-order valence-electron chi connectivity index (χ1n) is 3.61. The van der Waals surface area contributed by atoms with E-state index in [4.69, 9.17) is 17.6 Å². The van der Waals surface area contributed by atoms with Crippen molar-refractivity contribution in [3.8, 4) is 12.3 Å². The van der Waals surface area contributed by atoms with Gasteiger partial charge in [0.05, 0.1) is 5.84 Å². The van der Waals surface area contributed by atoms with Crippen LogP contribution >= 0.6 is 0 Å². The molecule has 0 saturated carbocycles. The van der Waals surface area contributed by atoms with Crippen molar-refractivity contribution in [2.45, 2.75) is 6.42 Å². The van der Waals surface area contributed by atoms with Crippen molar-refractivity contribution in [3.05, 3.63) is 35.4 Å². The largest absolute Gasteiger partial charge is 0.387 e. The van der Waals surface area contributed by atoms with Crippen molar-refractivity contribution in [3.63, 3.8) is 0 Å². The van der Waals surface area contributed by atoms with Crippen LogP contribution in [-0.2, 0) is 6.42 Å². The Hall–Kier alpha value is -1.75. The van der Waals surface area contributed by atoms with Gasteiger partial charge in [-0.1, -0.05) is 18.1 Å². The van der Waals surface area contributed by atoms with Crippen molar-refractivity contribution in [2.24, 2.45) is 5.73 Å². The van der Waals surface area contributed by atoms with Gasteiger partial charge < -0.3 is 5.73 Å². The second-order valence-corrected chi connectivity index (χ2v) is 2.54. The number of hydrogen-bond donors (Lipinski definition) is 2. The summed E-state index contributed by atoms with van der Waals surface area (Å²) in [5.74, 6) is 2.69. The lowest BCUT2D eigenvalue weighted by atomic mass is 10.1. The van der Waals surface area contributed by atoms with Crippen molar-refractivity contribution in [1.29, 1.82) is 5.41 Å². The van der Waals surface area contributed by atoms with E-state index in [1.165, 1.54) is 0 Å². The first kappa shape index (κ1) is 8.35. The van der Waals surface area contributed by atoms with Crippen LogP contribution in [0.4, 0.5) is 0 Å². The van der Waals surface area contributed by atoms with Crippen molar-refractivity contribution < 1.29 is 0 Å². The van der Waals surface area contributed by atoms with Gasteiger partial charge in [0.1, 0.15) is 0 Å². The molecule has 1 aromatic rings. The highest BCUT2D eigenvalue weighted by molar-refractivity contribution is 5.79.